The van der Waals surface area contributed by atoms with Gasteiger partial charge in [-0.1, -0.05) is 29.8 Å². The van der Waals surface area contributed by atoms with Crippen molar-refractivity contribution in [2.24, 2.45) is 5.92 Å². The number of hydrogen-bond acceptors (Lipinski definition) is 5. The van der Waals surface area contributed by atoms with Crippen LogP contribution in [0.5, 0.6) is 0 Å². The van der Waals surface area contributed by atoms with E-state index >= 15 is 0 Å². The van der Waals surface area contributed by atoms with Crippen molar-refractivity contribution in [3.05, 3.63) is 58.7 Å². The van der Waals surface area contributed by atoms with Gasteiger partial charge in [-0.25, -0.2) is 16.8 Å². The molecular formula is C27H37N3O5S2. The van der Waals surface area contributed by atoms with E-state index in [2.05, 4.69) is 5.32 Å². The molecule has 1 N–H and O–H groups in total. The van der Waals surface area contributed by atoms with Gasteiger partial charge in [0.25, 0.3) is 0 Å². The molecule has 1 amide bonds. The van der Waals surface area contributed by atoms with Crippen LogP contribution in [0.3, 0.4) is 0 Å². The Morgan fingerprint density at radius 2 is 1.46 bits per heavy atom. The lowest BCUT2D eigenvalue weighted by Gasteiger charge is -2.32. The van der Waals surface area contributed by atoms with Gasteiger partial charge in [0.2, 0.25) is 26.0 Å². The summed E-state index contributed by atoms with van der Waals surface area (Å²) in [4.78, 5) is 13.5. The van der Waals surface area contributed by atoms with Crippen LogP contribution in [0.1, 0.15) is 47.9 Å². The molecule has 0 radical (unpaired) electrons. The van der Waals surface area contributed by atoms with Gasteiger partial charge >= 0.3 is 0 Å². The number of carbonyl (C=O) groups excluding carboxylic acids is 1. The molecule has 10 heteroatoms. The Balaban J connectivity index is 1.33. The van der Waals surface area contributed by atoms with Gasteiger partial charge in [-0.05, 0) is 81.7 Å². The molecule has 0 saturated carbocycles. The number of sulfonamides is 2. The average Bonchev–Trinajstić information content (AvgIpc) is 3.40. The van der Waals surface area contributed by atoms with E-state index in [4.69, 9.17) is 0 Å². The Morgan fingerprint density at radius 3 is 2.08 bits per heavy atom. The van der Waals surface area contributed by atoms with Crippen LogP contribution in [0.4, 0.5) is 0 Å². The second-order valence-corrected chi connectivity index (χ2v) is 14.0. The highest BCUT2D eigenvalue weighted by atomic mass is 32.2. The maximum atomic E-state index is 13.4. The molecule has 0 unspecified atom stereocenters. The molecule has 1 atom stereocenters. The first-order valence-corrected chi connectivity index (χ1v) is 15.8. The van der Waals surface area contributed by atoms with E-state index in [-0.39, 0.29) is 12.5 Å². The number of benzene rings is 2. The lowest BCUT2D eigenvalue weighted by Crippen LogP contribution is -2.46. The Hall–Kier alpha value is -2.27. The average molecular weight is 548 g/mol. The Labute approximate surface area is 221 Å². The number of rotatable bonds is 8. The molecule has 0 spiro atoms. The zero-order valence-electron chi connectivity index (χ0n) is 21.9. The fourth-order valence-corrected chi connectivity index (χ4v) is 8.91. The first-order valence-electron chi connectivity index (χ1n) is 12.9. The van der Waals surface area contributed by atoms with Gasteiger partial charge in [0, 0.05) is 32.7 Å². The summed E-state index contributed by atoms with van der Waals surface area (Å²) < 4.78 is 55.2. The van der Waals surface area contributed by atoms with Crippen molar-refractivity contribution in [2.75, 3.05) is 32.7 Å². The number of piperidine rings is 1. The Bertz CT molecular complexity index is 1330. The van der Waals surface area contributed by atoms with E-state index in [1.54, 1.807) is 24.3 Å². The highest BCUT2D eigenvalue weighted by Gasteiger charge is 2.35. The topological polar surface area (TPSA) is 104 Å². The van der Waals surface area contributed by atoms with Crippen molar-refractivity contribution in [3.63, 3.8) is 0 Å². The number of hydrogen-bond donors (Lipinski definition) is 1. The van der Waals surface area contributed by atoms with Crippen molar-refractivity contribution < 1.29 is 21.6 Å². The fraction of sp³-hybridized carbons (Fsp3) is 0.519. The van der Waals surface area contributed by atoms with Crippen molar-refractivity contribution >= 4 is 26.0 Å². The molecule has 2 saturated heterocycles. The van der Waals surface area contributed by atoms with Crippen molar-refractivity contribution in [1.29, 1.82) is 0 Å². The molecule has 2 aliphatic heterocycles. The fourth-order valence-electron chi connectivity index (χ4n) is 5.46. The zero-order chi connectivity index (χ0) is 26.8. The zero-order valence-corrected chi connectivity index (χ0v) is 23.5. The van der Waals surface area contributed by atoms with Crippen LogP contribution < -0.4 is 5.32 Å². The molecule has 0 aromatic heterocycles. The summed E-state index contributed by atoms with van der Waals surface area (Å²) in [5.74, 6) is -0.548. The molecule has 2 aromatic carbocycles. The molecule has 2 aromatic rings. The summed E-state index contributed by atoms with van der Waals surface area (Å²) in [6, 6.07) is 10.6. The van der Waals surface area contributed by atoms with Gasteiger partial charge in [-0.15, -0.1) is 0 Å². The molecule has 37 heavy (non-hydrogen) atoms. The van der Waals surface area contributed by atoms with Gasteiger partial charge in [-0.2, -0.15) is 8.61 Å². The SMILES string of the molecule is Cc1cc(C)c(S(=O)(=O)N2CCC[C@@H](C(=O)NCCc3ccc(S(=O)(=O)N4CCCC4)cc3)C2)c(C)c1. The van der Waals surface area contributed by atoms with Crippen LogP contribution in [0.25, 0.3) is 0 Å². The highest BCUT2D eigenvalue weighted by Crippen LogP contribution is 2.29. The van der Waals surface area contributed by atoms with Crippen LogP contribution in [-0.2, 0) is 31.3 Å². The molecule has 0 aliphatic carbocycles. The molecule has 202 valence electrons. The molecule has 8 nitrogen and oxygen atoms in total. The minimum absolute atomic E-state index is 0.148. The first kappa shape index (κ1) is 27.8. The van der Waals surface area contributed by atoms with Gasteiger partial charge in [0.05, 0.1) is 15.7 Å². The lowest BCUT2D eigenvalue weighted by molar-refractivity contribution is -0.126. The third-order valence-electron chi connectivity index (χ3n) is 7.30. The molecule has 0 bridgehead atoms. The maximum Gasteiger partial charge on any atom is 0.243 e. The summed E-state index contributed by atoms with van der Waals surface area (Å²) in [6.45, 7) is 7.69. The van der Waals surface area contributed by atoms with E-state index < -0.39 is 26.0 Å². The van der Waals surface area contributed by atoms with Gasteiger partial charge in [0.1, 0.15) is 0 Å². The third-order valence-corrected chi connectivity index (χ3v) is 11.4. The van der Waals surface area contributed by atoms with E-state index in [1.165, 1.54) is 8.61 Å². The van der Waals surface area contributed by atoms with Gasteiger partial charge in [-0.3, -0.25) is 4.79 Å². The van der Waals surface area contributed by atoms with Crippen LogP contribution in [0, 0.1) is 26.7 Å². The van der Waals surface area contributed by atoms with Crippen LogP contribution in [0.15, 0.2) is 46.2 Å². The van der Waals surface area contributed by atoms with Crippen LogP contribution in [0.2, 0.25) is 0 Å². The summed E-state index contributed by atoms with van der Waals surface area (Å²) in [5, 5.41) is 2.95. The first-order chi connectivity index (χ1) is 17.5. The van der Waals surface area contributed by atoms with Crippen molar-refractivity contribution in [3.8, 4) is 0 Å². The van der Waals surface area contributed by atoms with Crippen LogP contribution >= 0.6 is 0 Å². The predicted octanol–water partition coefficient (Wildman–Crippen LogP) is 3.16. The molecule has 2 heterocycles. The number of amides is 1. The normalized spacial score (nSPS) is 19.7. The van der Waals surface area contributed by atoms with E-state index in [0.29, 0.717) is 55.2 Å². The number of nitrogens with zero attached hydrogens (tertiary/aromatic N) is 2. The predicted molar refractivity (Wildman–Crippen MR) is 143 cm³/mol. The minimum Gasteiger partial charge on any atom is -0.355 e. The highest BCUT2D eigenvalue weighted by molar-refractivity contribution is 7.89. The summed E-state index contributed by atoms with van der Waals surface area (Å²) in [5.41, 5.74) is 3.40. The molecule has 2 aliphatic rings. The summed E-state index contributed by atoms with van der Waals surface area (Å²) in [7, 11) is -7.13. The molecule has 4 rings (SSSR count). The second kappa shape index (κ2) is 11.2. The van der Waals surface area contributed by atoms with E-state index in [1.807, 2.05) is 32.9 Å². The minimum atomic E-state index is -3.69. The van der Waals surface area contributed by atoms with Crippen LogP contribution in [-0.4, -0.2) is 64.1 Å². The monoisotopic (exact) mass is 547 g/mol. The number of carbonyl (C=O) groups is 1. The van der Waals surface area contributed by atoms with E-state index in [9.17, 15) is 21.6 Å². The summed E-state index contributed by atoms with van der Waals surface area (Å²) >= 11 is 0. The second-order valence-electron chi connectivity index (χ2n) is 10.2. The standard InChI is InChI=1S/C27H37N3O5S2/c1-20-17-21(2)26(22(3)18-20)37(34,35)30-16-6-7-24(19-30)27(31)28-13-12-23-8-10-25(11-9-23)36(32,33)29-14-4-5-15-29/h8-11,17-18,24H,4-7,12-16,19H2,1-3H3,(H,28,31)/t24-/m1/s1. The summed E-state index contributed by atoms with van der Waals surface area (Å²) in [6.07, 6.45) is 3.63. The maximum absolute atomic E-state index is 13.4. The van der Waals surface area contributed by atoms with Crippen molar-refractivity contribution in [2.45, 2.75) is 62.7 Å². The quantitative estimate of drug-likeness (QED) is 0.547. The van der Waals surface area contributed by atoms with E-state index in [0.717, 1.165) is 35.1 Å². The number of nitrogens with one attached hydrogen (secondary N) is 1. The molecule has 2 fully saturated rings. The molecular weight excluding hydrogens is 510 g/mol. The lowest BCUT2D eigenvalue weighted by atomic mass is 9.99. The third kappa shape index (κ3) is 6.08. The smallest absolute Gasteiger partial charge is 0.243 e. The van der Waals surface area contributed by atoms with Crippen molar-refractivity contribution in [1.82, 2.24) is 13.9 Å². The Kier molecular flexibility index (Phi) is 8.42. The number of aryl methyl sites for hydroxylation is 3. The van der Waals surface area contributed by atoms with Gasteiger partial charge in [0.15, 0.2) is 0 Å². The largest absolute Gasteiger partial charge is 0.355 e. The van der Waals surface area contributed by atoms with Gasteiger partial charge < -0.3 is 5.32 Å². The Morgan fingerprint density at radius 1 is 0.865 bits per heavy atom.